The minimum Gasteiger partial charge on any atom is -0.496 e. The first-order valence-corrected chi connectivity index (χ1v) is 10.6. The number of carbonyl (C=O) groups excluding carboxylic acids is 1. The Morgan fingerprint density at radius 1 is 1.33 bits per heavy atom. The van der Waals surface area contributed by atoms with Crippen LogP contribution in [0, 0.1) is 6.92 Å². The van der Waals surface area contributed by atoms with Crippen LogP contribution < -0.4 is 4.74 Å². The number of esters is 1. The van der Waals surface area contributed by atoms with Crippen molar-refractivity contribution in [3.05, 3.63) is 40.5 Å². The van der Waals surface area contributed by atoms with Crippen LogP contribution in [0.25, 0.3) is 0 Å². The summed E-state index contributed by atoms with van der Waals surface area (Å²) in [5, 5.41) is 0. The normalized spacial score (nSPS) is 17.0. The number of benzene rings is 1. The molecule has 1 aromatic carbocycles. The van der Waals surface area contributed by atoms with Crippen LogP contribution in [-0.2, 0) is 21.0 Å². The number of ether oxygens (including phenoxy) is 2. The SMILES string of the molecule is C=CCc1c(OC)c(C)c2c(c1C(C)(C)C)C(=O)OC2O[Si](C)C. The molecule has 1 radical (unpaired) electrons. The maximum absolute atomic E-state index is 12.7. The zero-order valence-corrected chi connectivity index (χ0v) is 16.7. The lowest BCUT2D eigenvalue weighted by molar-refractivity contribution is -0.0398. The lowest BCUT2D eigenvalue weighted by Crippen LogP contribution is -2.21. The van der Waals surface area contributed by atoms with Gasteiger partial charge >= 0.3 is 5.97 Å². The summed E-state index contributed by atoms with van der Waals surface area (Å²) in [7, 11) is 0.643. The second-order valence-electron chi connectivity index (χ2n) is 7.31. The number of rotatable bonds is 5. The predicted molar refractivity (Wildman–Crippen MR) is 97.1 cm³/mol. The Hall–Kier alpha value is -1.59. The third-order valence-electron chi connectivity index (χ3n) is 4.14. The number of cyclic esters (lactones) is 1. The molecule has 4 nitrogen and oxygen atoms in total. The largest absolute Gasteiger partial charge is 0.496 e. The maximum atomic E-state index is 12.7. The van der Waals surface area contributed by atoms with Crippen molar-refractivity contribution >= 4 is 15.0 Å². The molecule has 0 N–H and O–H groups in total. The van der Waals surface area contributed by atoms with Crippen LogP contribution in [0.1, 0.15) is 59.7 Å². The van der Waals surface area contributed by atoms with Crippen molar-refractivity contribution in [2.24, 2.45) is 0 Å². The van der Waals surface area contributed by atoms with Gasteiger partial charge in [0.25, 0.3) is 0 Å². The lowest BCUT2D eigenvalue weighted by Gasteiger charge is -2.28. The summed E-state index contributed by atoms with van der Waals surface area (Å²) in [4.78, 5) is 12.7. The molecule has 0 aliphatic carbocycles. The zero-order chi connectivity index (χ0) is 18.2. The van der Waals surface area contributed by atoms with Crippen LogP contribution in [0.2, 0.25) is 13.1 Å². The fourth-order valence-electron chi connectivity index (χ4n) is 3.40. The molecule has 1 aromatic rings. The molecule has 0 fully saturated rings. The molecule has 0 saturated carbocycles. The Kier molecular flexibility index (Phi) is 5.25. The van der Waals surface area contributed by atoms with Gasteiger partial charge in [0.2, 0.25) is 15.3 Å². The van der Waals surface area contributed by atoms with E-state index in [1.807, 2.05) is 26.1 Å². The van der Waals surface area contributed by atoms with Gasteiger partial charge in [-0.25, -0.2) is 4.79 Å². The molecule has 131 valence electrons. The summed E-state index contributed by atoms with van der Waals surface area (Å²) in [6.45, 7) is 16.2. The van der Waals surface area contributed by atoms with Crippen molar-refractivity contribution in [3.8, 4) is 5.75 Å². The van der Waals surface area contributed by atoms with E-state index in [1.165, 1.54) is 0 Å². The number of hydrogen-bond donors (Lipinski definition) is 0. The zero-order valence-electron chi connectivity index (χ0n) is 15.7. The van der Waals surface area contributed by atoms with E-state index < -0.39 is 15.3 Å². The van der Waals surface area contributed by atoms with Gasteiger partial charge in [0, 0.05) is 16.7 Å². The maximum Gasteiger partial charge on any atom is 0.341 e. The highest BCUT2D eigenvalue weighted by atomic mass is 28.3. The van der Waals surface area contributed by atoms with Crippen LogP contribution in [-0.4, -0.2) is 22.1 Å². The van der Waals surface area contributed by atoms with E-state index >= 15 is 0 Å². The Morgan fingerprint density at radius 3 is 2.42 bits per heavy atom. The summed E-state index contributed by atoms with van der Waals surface area (Å²) in [5.74, 6) is 0.491. The van der Waals surface area contributed by atoms with E-state index in [0.717, 1.165) is 28.0 Å². The molecule has 0 saturated heterocycles. The summed E-state index contributed by atoms with van der Waals surface area (Å²) in [5.41, 5.74) is 4.12. The second kappa shape index (κ2) is 6.73. The van der Waals surface area contributed by atoms with Gasteiger partial charge in [0.1, 0.15) is 5.75 Å². The number of fused-ring (bicyclic) bond motifs is 1. The van der Waals surface area contributed by atoms with Crippen molar-refractivity contribution in [3.63, 3.8) is 0 Å². The highest BCUT2D eigenvalue weighted by molar-refractivity contribution is 6.48. The Morgan fingerprint density at radius 2 is 1.96 bits per heavy atom. The fourth-order valence-corrected chi connectivity index (χ4v) is 3.99. The van der Waals surface area contributed by atoms with Crippen LogP contribution >= 0.6 is 0 Å². The van der Waals surface area contributed by atoms with E-state index in [0.29, 0.717) is 12.0 Å². The number of methoxy groups -OCH3 is 1. The van der Waals surface area contributed by atoms with Gasteiger partial charge in [0.15, 0.2) is 0 Å². The van der Waals surface area contributed by atoms with Crippen molar-refractivity contribution < 1.29 is 18.7 Å². The smallest absolute Gasteiger partial charge is 0.341 e. The van der Waals surface area contributed by atoms with Gasteiger partial charge < -0.3 is 13.9 Å². The average Bonchev–Trinajstić information content (AvgIpc) is 2.74. The van der Waals surface area contributed by atoms with E-state index in [-0.39, 0.29) is 11.4 Å². The first kappa shape index (κ1) is 18.7. The molecule has 1 heterocycles. The Bertz CT molecular complexity index is 671. The molecule has 1 aliphatic rings. The van der Waals surface area contributed by atoms with E-state index in [4.69, 9.17) is 13.9 Å². The molecule has 1 aliphatic heterocycles. The molecule has 5 heteroatoms. The first-order valence-electron chi connectivity index (χ1n) is 8.15. The standard InChI is InChI=1S/C19H27O4Si/c1-9-10-12-15(19(3,4)5)14-13(11(2)16(12)21-6)18(22-17(14)20)23-24(7)8/h9,18H,1,10H2,2-8H3. The average molecular weight is 348 g/mol. The van der Waals surface area contributed by atoms with E-state index in [1.54, 1.807) is 7.11 Å². The van der Waals surface area contributed by atoms with Gasteiger partial charge in [0.05, 0.1) is 12.7 Å². The van der Waals surface area contributed by atoms with Crippen LogP contribution in [0.3, 0.4) is 0 Å². The summed E-state index contributed by atoms with van der Waals surface area (Å²) in [6, 6.07) is 0. The third-order valence-corrected chi connectivity index (χ3v) is 4.82. The van der Waals surface area contributed by atoms with Crippen molar-refractivity contribution in [2.45, 2.75) is 58.9 Å². The van der Waals surface area contributed by atoms with Gasteiger partial charge in [-0.05, 0) is 37.4 Å². The lowest BCUT2D eigenvalue weighted by atomic mass is 9.77. The second-order valence-corrected chi connectivity index (χ2v) is 9.36. The van der Waals surface area contributed by atoms with Crippen molar-refractivity contribution in [1.82, 2.24) is 0 Å². The molecule has 0 aromatic heterocycles. The van der Waals surface area contributed by atoms with Crippen LogP contribution in [0.15, 0.2) is 12.7 Å². The van der Waals surface area contributed by atoms with E-state index in [9.17, 15) is 4.79 Å². The molecule has 0 spiro atoms. The predicted octanol–water partition coefficient (Wildman–Crippen LogP) is 4.47. The molecule has 0 bridgehead atoms. The summed E-state index contributed by atoms with van der Waals surface area (Å²) >= 11 is 0. The fraction of sp³-hybridized carbons (Fsp3) is 0.526. The minimum atomic E-state index is -1.02. The number of allylic oxidation sites excluding steroid dienone is 1. The van der Waals surface area contributed by atoms with Gasteiger partial charge in [-0.1, -0.05) is 26.8 Å². The van der Waals surface area contributed by atoms with Gasteiger partial charge in [-0.3, -0.25) is 0 Å². The topological polar surface area (TPSA) is 44.8 Å². The molecular formula is C19H27O4Si. The molecule has 24 heavy (non-hydrogen) atoms. The highest BCUT2D eigenvalue weighted by Crippen LogP contribution is 2.47. The molecule has 1 atom stereocenters. The minimum absolute atomic E-state index is 0.233. The monoisotopic (exact) mass is 347 g/mol. The molecule has 1 unspecified atom stereocenters. The molecular weight excluding hydrogens is 320 g/mol. The first-order chi connectivity index (χ1) is 11.1. The number of hydrogen-bond acceptors (Lipinski definition) is 4. The third kappa shape index (κ3) is 3.15. The Labute approximate surface area is 146 Å². The Balaban J connectivity index is 2.86. The summed E-state index contributed by atoms with van der Waals surface area (Å²) < 4.78 is 17.2. The number of carbonyl (C=O) groups is 1. The van der Waals surface area contributed by atoms with Crippen molar-refractivity contribution in [1.29, 1.82) is 0 Å². The van der Waals surface area contributed by atoms with Crippen LogP contribution in [0.5, 0.6) is 5.75 Å². The van der Waals surface area contributed by atoms with Gasteiger partial charge in [-0.15, -0.1) is 6.58 Å². The van der Waals surface area contributed by atoms with Gasteiger partial charge in [-0.2, -0.15) is 0 Å². The molecule has 2 rings (SSSR count). The highest BCUT2D eigenvalue weighted by Gasteiger charge is 2.41. The van der Waals surface area contributed by atoms with Crippen LogP contribution in [0.4, 0.5) is 0 Å². The van der Waals surface area contributed by atoms with Crippen molar-refractivity contribution in [2.75, 3.05) is 7.11 Å². The quantitative estimate of drug-likeness (QED) is 0.448. The molecule has 0 amide bonds. The summed E-state index contributed by atoms with van der Waals surface area (Å²) in [6.07, 6.45) is 1.84. The van der Waals surface area contributed by atoms with E-state index in [2.05, 4.69) is 27.4 Å².